The number of hydrogen-bond donors (Lipinski definition) is 1. The van der Waals surface area contributed by atoms with Gasteiger partial charge in [-0.3, -0.25) is 4.79 Å². The highest BCUT2D eigenvalue weighted by molar-refractivity contribution is 6.42. The van der Waals surface area contributed by atoms with Crippen molar-refractivity contribution in [3.8, 4) is 5.75 Å². The summed E-state index contributed by atoms with van der Waals surface area (Å²) in [5.41, 5.74) is 1.50. The first-order chi connectivity index (χ1) is 11.5. The van der Waals surface area contributed by atoms with E-state index < -0.39 is 0 Å². The number of furan rings is 1. The summed E-state index contributed by atoms with van der Waals surface area (Å²) in [7, 11) is 0. The normalized spacial score (nSPS) is 11.1. The molecule has 0 saturated carbocycles. The first-order valence-electron chi connectivity index (χ1n) is 7.75. The van der Waals surface area contributed by atoms with Crippen LogP contribution in [0.4, 0.5) is 0 Å². The van der Waals surface area contributed by atoms with Crippen molar-refractivity contribution in [3.63, 3.8) is 0 Å². The lowest BCUT2D eigenvalue weighted by Gasteiger charge is -2.04. The van der Waals surface area contributed by atoms with Crippen molar-refractivity contribution in [1.29, 1.82) is 0 Å². The molecule has 0 fully saturated rings. The van der Waals surface area contributed by atoms with Crippen molar-refractivity contribution >= 4 is 40.0 Å². The summed E-state index contributed by atoms with van der Waals surface area (Å²) >= 11 is 12.0. The number of aryl methyl sites for hydroxylation is 1. The van der Waals surface area contributed by atoms with Crippen LogP contribution in [-0.4, -0.2) is 10.9 Å². The second-order valence-electron chi connectivity index (χ2n) is 5.64. The number of rotatable bonds is 5. The fourth-order valence-corrected chi connectivity index (χ4v) is 2.98. The van der Waals surface area contributed by atoms with Gasteiger partial charge in [0.05, 0.1) is 15.6 Å². The zero-order valence-electron chi connectivity index (χ0n) is 13.1. The van der Waals surface area contributed by atoms with Gasteiger partial charge in [0.1, 0.15) is 17.1 Å². The van der Waals surface area contributed by atoms with Gasteiger partial charge in [-0.25, -0.2) is 0 Å². The number of ketones is 1. The zero-order valence-corrected chi connectivity index (χ0v) is 14.6. The number of unbranched alkanes of at least 4 members (excludes halogenated alkanes) is 1. The van der Waals surface area contributed by atoms with Crippen LogP contribution in [-0.2, 0) is 6.42 Å². The van der Waals surface area contributed by atoms with Gasteiger partial charge >= 0.3 is 0 Å². The van der Waals surface area contributed by atoms with Crippen molar-refractivity contribution in [2.75, 3.05) is 0 Å². The molecule has 3 aromatic rings. The average Bonchev–Trinajstić information content (AvgIpc) is 2.92. The van der Waals surface area contributed by atoms with Crippen molar-refractivity contribution in [2.45, 2.75) is 26.2 Å². The zero-order chi connectivity index (χ0) is 17.3. The Morgan fingerprint density at radius 3 is 2.62 bits per heavy atom. The van der Waals surface area contributed by atoms with Crippen LogP contribution < -0.4 is 0 Å². The molecule has 0 amide bonds. The molecule has 0 aliphatic rings. The average molecular weight is 363 g/mol. The predicted molar refractivity (Wildman–Crippen MR) is 96.4 cm³/mol. The van der Waals surface area contributed by atoms with E-state index in [2.05, 4.69) is 6.92 Å². The van der Waals surface area contributed by atoms with Crippen LogP contribution in [0.25, 0.3) is 11.0 Å². The third kappa shape index (κ3) is 3.14. The Kier molecular flexibility index (Phi) is 4.83. The van der Waals surface area contributed by atoms with Crippen LogP contribution in [0.15, 0.2) is 40.8 Å². The Hall–Kier alpha value is -1.97. The summed E-state index contributed by atoms with van der Waals surface area (Å²) in [6.45, 7) is 2.08. The van der Waals surface area contributed by atoms with E-state index in [0.29, 0.717) is 44.3 Å². The molecule has 0 saturated heterocycles. The Labute approximate surface area is 149 Å². The molecule has 0 bridgehead atoms. The minimum Gasteiger partial charge on any atom is -0.508 e. The van der Waals surface area contributed by atoms with Gasteiger partial charge in [-0.05, 0) is 42.8 Å². The maximum Gasteiger partial charge on any atom is 0.197 e. The molecule has 1 N–H and O–H groups in total. The van der Waals surface area contributed by atoms with Gasteiger partial charge in [0.25, 0.3) is 0 Å². The lowest BCUT2D eigenvalue weighted by molar-refractivity contribution is 0.103. The number of benzene rings is 2. The third-order valence-electron chi connectivity index (χ3n) is 3.91. The van der Waals surface area contributed by atoms with E-state index in [1.54, 1.807) is 36.4 Å². The molecule has 1 aromatic heterocycles. The van der Waals surface area contributed by atoms with Gasteiger partial charge in [0, 0.05) is 17.4 Å². The molecule has 2 aromatic carbocycles. The minimum absolute atomic E-state index is 0.0912. The fourth-order valence-electron chi connectivity index (χ4n) is 2.68. The van der Waals surface area contributed by atoms with Crippen molar-refractivity contribution in [1.82, 2.24) is 0 Å². The van der Waals surface area contributed by atoms with Crippen molar-refractivity contribution in [2.24, 2.45) is 0 Å². The lowest BCUT2D eigenvalue weighted by Crippen LogP contribution is -2.04. The summed E-state index contributed by atoms with van der Waals surface area (Å²) in [5.74, 6) is 0.533. The van der Waals surface area contributed by atoms with Gasteiger partial charge in [-0.2, -0.15) is 0 Å². The minimum atomic E-state index is -0.191. The van der Waals surface area contributed by atoms with Crippen LogP contribution in [0.1, 0.15) is 41.4 Å². The van der Waals surface area contributed by atoms with E-state index >= 15 is 0 Å². The second-order valence-corrected chi connectivity index (χ2v) is 6.46. The number of phenolic OH excluding ortho intramolecular Hbond substituents is 1. The number of fused-ring (bicyclic) bond motifs is 1. The highest BCUT2D eigenvalue weighted by Crippen LogP contribution is 2.33. The molecule has 5 heteroatoms. The molecule has 1 heterocycles. The topological polar surface area (TPSA) is 50.4 Å². The number of phenols is 1. The SMILES string of the molecule is CCCCc1oc2ccc(O)cc2c1C(=O)c1ccc(Cl)c(Cl)c1. The van der Waals surface area contributed by atoms with E-state index in [-0.39, 0.29) is 11.5 Å². The van der Waals surface area contributed by atoms with Crippen LogP contribution in [0.5, 0.6) is 5.75 Å². The molecular formula is C19H16Cl2O3. The summed E-state index contributed by atoms with van der Waals surface area (Å²) in [5, 5.41) is 11.1. The molecule has 0 spiro atoms. The number of carbonyl (C=O) groups excluding carboxylic acids is 1. The molecular weight excluding hydrogens is 347 g/mol. The predicted octanol–water partition coefficient (Wildman–Crippen LogP) is 6.02. The molecule has 3 rings (SSSR count). The molecule has 124 valence electrons. The monoisotopic (exact) mass is 362 g/mol. The highest BCUT2D eigenvalue weighted by Gasteiger charge is 2.22. The van der Waals surface area contributed by atoms with Crippen molar-refractivity contribution in [3.05, 3.63) is 63.3 Å². The molecule has 0 aliphatic carbocycles. The summed E-state index contributed by atoms with van der Waals surface area (Å²) < 4.78 is 5.86. The molecule has 3 nitrogen and oxygen atoms in total. The standard InChI is InChI=1S/C19H16Cl2O3/c1-2-3-4-17-18(13-10-12(22)6-8-16(13)24-17)19(23)11-5-7-14(20)15(21)9-11/h5-10,22H,2-4H2,1H3. The number of aromatic hydroxyl groups is 1. The van der Waals surface area contributed by atoms with E-state index in [1.165, 1.54) is 0 Å². The summed E-state index contributed by atoms with van der Waals surface area (Å²) in [6.07, 6.45) is 2.56. The molecule has 24 heavy (non-hydrogen) atoms. The number of carbonyl (C=O) groups is 1. The summed E-state index contributed by atoms with van der Waals surface area (Å²) in [6, 6.07) is 9.56. The van der Waals surface area contributed by atoms with Gasteiger partial charge in [-0.15, -0.1) is 0 Å². The fraction of sp³-hybridized carbons (Fsp3) is 0.211. The lowest BCUT2D eigenvalue weighted by atomic mass is 9.98. The van der Waals surface area contributed by atoms with Gasteiger partial charge in [0.15, 0.2) is 5.78 Å². The van der Waals surface area contributed by atoms with Crippen LogP contribution in [0, 0.1) is 0 Å². The van der Waals surface area contributed by atoms with Crippen LogP contribution in [0.2, 0.25) is 10.0 Å². The highest BCUT2D eigenvalue weighted by atomic mass is 35.5. The number of hydrogen-bond acceptors (Lipinski definition) is 3. The van der Waals surface area contributed by atoms with E-state index in [1.807, 2.05) is 0 Å². The van der Waals surface area contributed by atoms with Crippen LogP contribution in [0.3, 0.4) is 0 Å². The van der Waals surface area contributed by atoms with Gasteiger partial charge in [-0.1, -0.05) is 36.5 Å². The van der Waals surface area contributed by atoms with Gasteiger partial charge in [0.2, 0.25) is 0 Å². The maximum absolute atomic E-state index is 13.0. The van der Waals surface area contributed by atoms with Crippen molar-refractivity contribution < 1.29 is 14.3 Å². The number of halogens is 2. The third-order valence-corrected chi connectivity index (χ3v) is 4.65. The Balaban J connectivity index is 2.16. The largest absolute Gasteiger partial charge is 0.508 e. The molecule has 0 unspecified atom stereocenters. The Morgan fingerprint density at radius 2 is 1.92 bits per heavy atom. The quantitative estimate of drug-likeness (QED) is 0.564. The molecule has 0 aliphatic heterocycles. The van der Waals surface area contributed by atoms with Crippen LogP contribution >= 0.6 is 23.2 Å². The Morgan fingerprint density at radius 1 is 1.12 bits per heavy atom. The first kappa shape index (κ1) is 16.9. The molecule has 0 radical (unpaired) electrons. The van der Waals surface area contributed by atoms with E-state index in [4.69, 9.17) is 27.6 Å². The summed E-state index contributed by atoms with van der Waals surface area (Å²) in [4.78, 5) is 13.0. The van der Waals surface area contributed by atoms with Gasteiger partial charge < -0.3 is 9.52 Å². The maximum atomic E-state index is 13.0. The van der Waals surface area contributed by atoms with E-state index in [0.717, 1.165) is 12.8 Å². The molecule has 0 atom stereocenters. The van der Waals surface area contributed by atoms with E-state index in [9.17, 15) is 9.90 Å². The smallest absolute Gasteiger partial charge is 0.197 e. The first-order valence-corrected chi connectivity index (χ1v) is 8.51. The second kappa shape index (κ2) is 6.88. The Bertz CT molecular complexity index is 912.